The number of nitrogens with zero attached hydrogens (tertiary/aromatic N) is 2. The van der Waals surface area contributed by atoms with E-state index in [0.29, 0.717) is 0 Å². The molecule has 1 rings (SSSR count). The summed E-state index contributed by atoms with van der Waals surface area (Å²) in [6, 6.07) is 0. The zero-order valence-electron chi connectivity index (χ0n) is 4.96. The molecule has 0 amide bonds. The fourth-order valence-corrected chi connectivity index (χ4v) is 0.579. The van der Waals surface area contributed by atoms with Crippen molar-refractivity contribution in [1.82, 2.24) is 9.78 Å². The Kier molecular flexibility index (Phi) is 1.33. The van der Waals surface area contributed by atoms with E-state index in [1.807, 2.05) is 17.8 Å². The second-order valence-electron chi connectivity index (χ2n) is 1.70. The molecule has 1 aromatic heterocycles. The van der Waals surface area contributed by atoms with Crippen LogP contribution in [0.4, 0.5) is 0 Å². The largest absolute Gasteiger partial charge is 0.273 e. The summed E-state index contributed by atoms with van der Waals surface area (Å²) in [5.74, 6) is 0. The van der Waals surface area contributed by atoms with E-state index >= 15 is 0 Å². The number of aryl methyl sites for hydroxylation is 1. The lowest BCUT2D eigenvalue weighted by molar-refractivity contribution is 0.659. The summed E-state index contributed by atoms with van der Waals surface area (Å²) in [5, 5.41) is 3.99. The molecular formula is C6H9N2. The molecule has 2 heteroatoms. The Hall–Kier alpha value is -0.790. The molecule has 1 heterocycles. The Morgan fingerprint density at radius 2 is 2.62 bits per heavy atom. The highest BCUT2D eigenvalue weighted by atomic mass is 15.3. The van der Waals surface area contributed by atoms with Gasteiger partial charge in [0.25, 0.3) is 0 Å². The first-order chi connectivity index (χ1) is 3.83. The Morgan fingerprint density at radius 3 is 2.88 bits per heavy atom. The molecule has 0 N–H and O–H groups in total. The summed E-state index contributed by atoms with van der Waals surface area (Å²) in [7, 11) is 0. The highest BCUT2D eigenvalue weighted by Crippen LogP contribution is 1.91. The van der Waals surface area contributed by atoms with Gasteiger partial charge < -0.3 is 0 Å². The topological polar surface area (TPSA) is 17.8 Å². The molecule has 0 aliphatic heterocycles. The van der Waals surface area contributed by atoms with E-state index in [-0.39, 0.29) is 0 Å². The Labute approximate surface area is 49.1 Å². The van der Waals surface area contributed by atoms with E-state index in [1.165, 1.54) is 0 Å². The van der Waals surface area contributed by atoms with Gasteiger partial charge in [-0.15, -0.1) is 0 Å². The smallest absolute Gasteiger partial charge is 0.0521 e. The summed E-state index contributed by atoms with van der Waals surface area (Å²) >= 11 is 0. The number of aromatic nitrogens is 2. The quantitative estimate of drug-likeness (QED) is 0.527. The summed E-state index contributed by atoms with van der Waals surface area (Å²) in [6.45, 7) is 6.68. The van der Waals surface area contributed by atoms with E-state index in [0.717, 1.165) is 12.1 Å². The molecule has 0 spiro atoms. The van der Waals surface area contributed by atoms with Crippen LogP contribution in [0, 0.1) is 6.92 Å². The molecule has 0 fully saturated rings. The minimum Gasteiger partial charge on any atom is -0.273 e. The maximum absolute atomic E-state index is 3.99. The van der Waals surface area contributed by atoms with Crippen molar-refractivity contribution < 1.29 is 0 Å². The van der Waals surface area contributed by atoms with Crippen LogP contribution in [0.5, 0.6) is 0 Å². The average Bonchev–Trinajstić information content (AvgIpc) is 2.14. The fraction of sp³-hybridized carbons (Fsp3) is 0.333. The van der Waals surface area contributed by atoms with Gasteiger partial charge in [-0.25, -0.2) is 0 Å². The lowest BCUT2D eigenvalue weighted by Crippen LogP contribution is -1.91. The molecule has 0 atom stereocenters. The van der Waals surface area contributed by atoms with Crippen LogP contribution in [0.15, 0.2) is 12.4 Å². The lowest BCUT2D eigenvalue weighted by atomic mass is 10.4. The Bertz CT molecular complexity index is 167. The summed E-state index contributed by atoms with van der Waals surface area (Å²) in [4.78, 5) is 0. The van der Waals surface area contributed by atoms with Crippen LogP contribution in [0.3, 0.4) is 0 Å². The summed E-state index contributed by atoms with van der Waals surface area (Å²) < 4.78 is 1.85. The van der Waals surface area contributed by atoms with Crippen LogP contribution in [0.25, 0.3) is 0 Å². The Balaban J connectivity index is 2.84. The Morgan fingerprint density at radius 1 is 1.88 bits per heavy atom. The van der Waals surface area contributed by atoms with Crippen LogP contribution >= 0.6 is 0 Å². The molecule has 1 aromatic rings. The predicted octanol–water partition coefficient (Wildman–Crippen LogP) is 1.09. The van der Waals surface area contributed by atoms with Crippen molar-refractivity contribution >= 4 is 0 Å². The van der Waals surface area contributed by atoms with Crippen molar-refractivity contribution in [1.29, 1.82) is 0 Å². The van der Waals surface area contributed by atoms with Crippen molar-refractivity contribution in [3.63, 3.8) is 0 Å². The van der Waals surface area contributed by atoms with Crippen LogP contribution in [-0.2, 0) is 6.54 Å². The molecule has 43 valence electrons. The van der Waals surface area contributed by atoms with Crippen molar-refractivity contribution in [2.75, 3.05) is 0 Å². The van der Waals surface area contributed by atoms with Gasteiger partial charge in [-0.1, -0.05) is 0 Å². The second kappa shape index (κ2) is 1.99. The van der Waals surface area contributed by atoms with Crippen molar-refractivity contribution in [3.8, 4) is 0 Å². The standard InChI is InChI=1S/C6H9N2/c1-3-8-5-6(2)4-7-8/h4-5H,2-3H2,1H3. The molecular weight excluding hydrogens is 100 g/mol. The third-order valence-corrected chi connectivity index (χ3v) is 1.01. The van der Waals surface area contributed by atoms with Crippen LogP contribution in [0.2, 0.25) is 0 Å². The van der Waals surface area contributed by atoms with Gasteiger partial charge in [0.2, 0.25) is 0 Å². The van der Waals surface area contributed by atoms with Crippen LogP contribution in [-0.4, -0.2) is 9.78 Å². The molecule has 2 nitrogen and oxygen atoms in total. The lowest BCUT2D eigenvalue weighted by Gasteiger charge is -1.88. The molecule has 0 aliphatic carbocycles. The zero-order valence-corrected chi connectivity index (χ0v) is 4.96. The van der Waals surface area contributed by atoms with Gasteiger partial charge in [-0.2, -0.15) is 5.10 Å². The normalized spacial score (nSPS) is 9.75. The molecule has 0 aliphatic rings. The van der Waals surface area contributed by atoms with Crippen molar-refractivity contribution in [2.45, 2.75) is 13.5 Å². The monoisotopic (exact) mass is 109 g/mol. The highest BCUT2D eigenvalue weighted by molar-refractivity contribution is 5.06. The number of hydrogen-bond donors (Lipinski definition) is 0. The van der Waals surface area contributed by atoms with Gasteiger partial charge in [0.1, 0.15) is 0 Å². The molecule has 8 heavy (non-hydrogen) atoms. The fourth-order valence-electron chi connectivity index (χ4n) is 0.579. The van der Waals surface area contributed by atoms with E-state index in [1.54, 1.807) is 6.20 Å². The molecule has 0 saturated carbocycles. The highest BCUT2D eigenvalue weighted by Gasteiger charge is 1.86. The van der Waals surface area contributed by atoms with Gasteiger partial charge in [0.15, 0.2) is 0 Å². The third kappa shape index (κ3) is 0.886. The molecule has 0 aromatic carbocycles. The van der Waals surface area contributed by atoms with Crippen molar-refractivity contribution in [3.05, 3.63) is 24.9 Å². The average molecular weight is 109 g/mol. The van der Waals surface area contributed by atoms with Crippen LogP contribution < -0.4 is 0 Å². The minimum absolute atomic E-state index is 0.926. The van der Waals surface area contributed by atoms with Gasteiger partial charge in [0.05, 0.1) is 6.20 Å². The van der Waals surface area contributed by atoms with Gasteiger partial charge in [-0.3, -0.25) is 4.68 Å². The minimum atomic E-state index is 0.926. The summed E-state index contributed by atoms with van der Waals surface area (Å²) in [5.41, 5.74) is 0.979. The molecule has 1 radical (unpaired) electrons. The van der Waals surface area contributed by atoms with E-state index in [4.69, 9.17) is 0 Å². The molecule has 0 saturated heterocycles. The summed E-state index contributed by atoms with van der Waals surface area (Å²) in [6.07, 6.45) is 3.67. The van der Waals surface area contributed by atoms with Gasteiger partial charge in [-0.05, 0) is 19.4 Å². The number of hydrogen-bond acceptors (Lipinski definition) is 1. The van der Waals surface area contributed by atoms with E-state index in [2.05, 4.69) is 12.0 Å². The van der Waals surface area contributed by atoms with Crippen LogP contribution in [0.1, 0.15) is 12.5 Å². The third-order valence-electron chi connectivity index (χ3n) is 1.01. The molecule has 0 bridgehead atoms. The SMILES string of the molecule is [CH2]c1cnn(CC)c1. The second-order valence-corrected chi connectivity index (χ2v) is 1.70. The zero-order chi connectivity index (χ0) is 5.98. The maximum Gasteiger partial charge on any atom is 0.0521 e. The van der Waals surface area contributed by atoms with Crippen molar-refractivity contribution in [2.24, 2.45) is 0 Å². The van der Waals surface area contributed by atoms with E-state index < -0.39 is 0 Å². The predicted molar refractivity (Wildman–Crippen MR) is 32.4 cm³/mol. The van der Waals surface area contributed by atoms with Gasteiger partial charge in [0, 0.05) is 12.7 Å². The number of rotatable bonds is 1. The van der Waals surface area contributed by atoms with Gasteiger partial charge >= 0.3 is 0 Å². The van der Waals surface area contributed by atoms with E-state index in [9.17, 15) is 0 Å². The first-order valence-electron chi connectivity index (χ1n) is 2.67. The maximum atomic E-state index is 3.99. The molecule has 0 unspecified atom stereocenters. The first-order valence-corrected chi connectivity index (χ1v) is 2.67. The first kappa shape index (κ1) is 5.35.